The second kappa shape index (κ2) is 2.36. The van der Waals surface area contributed by atoms with E-state index in [0.29, 0.717) is 0 Å². The molecule has 0 fully saturated rings. The largest absolute Gasteiger partial charge is 0.285 e. The maximum absolute atomic E-state index is 3.79. The van der Waals surface area contributed by atoms with Gasteiger partial charge in [-0.1, -0.05) is 0 Å². The smallest absolute Gasteiger partial charge is 0.0591 e. The summed E-state index contributed by atoms with van der Waals surface area (Å²) in [5, 5.41) is 6.47. The zero-order valence-electron chi connectivity index (χ0n) is 4.05. The lowest BCUT2D eigenvalue weighted by molar-refractivity contribution is 1.05. The third-order valence-electron chi connectivity index (χ3n) is 0.640. The lowest BCUT2D eigenvalue weighted by Gasteiger charge is -1.65. The van der Waals surface area contributed by atoms with Gasteiger partial charge in [-0.15, -0.1) is 0 Å². The molecule has 0 atom stereocenters. The molecule has 0 aliphatic heterocycles. The summed E-state index contributed by atoms with van der Waals surface area (Å²) in [6.07, 6.45) is 1.80. The Bertz CT molecular complexity index is 110. The number of aromatic nitrogens is 2. The molecule has 0 aliphatic rings. The van der Waals surface area contributed by atoms with Gasteiger partial charge in [0, 0.05) is 12.3 Å². The van der Waals surface area contributed by atoms with Crippen molar-refractivity contribution in [3.63, 3.8) is 0 Å². The van der Waals surface area contributed by atoms with Crippen molar-refractivity contribution in [2.45, 2.75) is 6.92 Å². The van der Waals surface area contributed by atoms with Gasteiger partial charge in [-0.25, -0.2) is 0 Å². The van der Waals surface area contributed by atoms with Gasteiger partial charge in [0.1, 0.15) is 0 Å². The minimum absolute atomic E-state index is 0. The van der Waals surface area contributed by atoms with Crippen LogP contribution in [0.3, 0.4) is 0 Å². The van der Waals surface area contributed by atoms with Crippen LogP contribution in [-0.2, 0) is 0 Å². The molecular formula is C4H6N3. The summed E-state index contributed by atoms with van der Waals surface area (Å²) in [6, 6.07) is 1.92. The summed E-state index contributed by atoms with van der Waals surface area (Å²) < 4.78 is 0. The fraction of sp³-hybridized carbons (Fsp3) is 0.250. The second-order valence-corrected chi connectivity index (χ2v) is 1.22. The summed E-state index contributed by atoms with van der Waals surface area (Å²) in [5.74, 6) is 0. The second-order valence-electron chi connectivity index (χ2n) is 1.22. The van der Waals surface area contributed by atoms with E-state index in [1.807, 2.05) is 13.0 Å². The van der Waals surface area contributed by atoms with Crippen LogP contribution in [0.2, 0.25) is 0 Å². The Morgan fingerprint density at radius 2 is 2.43 bits per heavy atom. The summed E-state index contributed by atoms with van der Waals surface area (Å²) in [5.41, 5.74) is 1.04. The van der Waals surface area contributed by atoms with Crippen LogP contribution < -0.4 is 6.15 Å². The summed E-state index contributed by atoms with van der Waals surface area (Å²) in [4.78, 5) is 0. The van der Waals surface area contributed by atoms with Gasteiger partial charge in [0.05, 0.1) is 5.69 Å². The van der Waals surface area contributed by atoms with E-state index in [1.165, 1.54) is 0 Å². The van der Waals surface area contributed by atoms with E-state index < -0.39 is 0 Å². The molecular weight excluding hydrogens is 90.1 g/mol. The first kappa shape index (κ1) is 6.17. The highest BCUT2D eigenvalue weighted by atomic mass is 15.1. The fourth-order valence-corrected chi connectivity index (χ4v) is 0.334. The van der Waals surface area contributed by atoms with Crippen molar-refractivity contribution in [3.05, 3.63) is 18.0 Å². The van der Waals surface area contributed by atoms with Crippen LogP contribution in [0.5, 0.6) is 0 Å². The Morgan fingerprint density at radius 1 is 1.71 bits per heavy atom. The molecule has 1 aromatic heterocycles. The number of aryl methyl sites for hydroxylation is 1. The molecule has 0 amide bonds. The molecule has 3 nitrogen and oxygen atoms in total. The van der Waals surface area contributed by atoms with Crippen molar-refractivity contribution >= 4 is 0 Å². The van der Waals surface area contributed by atoms with Gasteiger partial charge in [0.15, 0.2) is 0 Å². The zero-order chi connectivity index (χ0) is 4.41. The Kier molecular flexibility index (Phi) is 2.08. The van der Waals surface area contributed by atoms with E-state index in [1.54, 1.807) is 6.20 Å². The third kappa shape index (κ3) is 1.36. The van der Waals surface area contributed by atoms with E-state index in [4.69, 9.17) is 0 Å². The first-order valence-corrected chi connectivity index (χ1v) is 1.86. The van der Waals surface area contributed by atoms with Crippen LogP contribution in [0.15, 0.2) is 12.3 Å². The third-order valence-corrected chi connectivity index (χ3v) is 0.640. The molecule has 1 rings (SSSR count). The van der Waals surface area contributed by atoms with E-state index in [0.717, 1.165) is 5.69 Å². The summed E-state index contributed by atoms with van der Waals surface area (Å²) >= 11 is 0. The minimum Gasteiger partial charge on any atom is -0.285 e. The molecule has 0 bridgehead atoms. The van der Waals surface area contributed by atoms with E-state index >= 15 is 0 Å². The quantitative estimate of drug-likeness (QED) is 0.494. The molecule has 0 spiro atoms. The SMILES string of the molecule is Cc1cc[nH]n1.[N]. The highest BCUT2D eigenvalue weighted by Gasteiger charge is 1.74. The van der Waals surface area contributed by atoms with Crippen LogP contribution in [0.1, 0.15) is 5.69 Å². The highest BCUT2D eigenvalue weighted by Crippen LogP contribution is 1.82. The van der Waals surface area contributed by atoms with Gasteiger partial charge in [0.25, 0.3) is 0 Å². The monoisotopic (exact) mass is 96.1 g/mol. The number of rotatable bonds is 0. The molecule has 0 saturated carbocycles. The molecule has 37 valence electrons. The molecule has 3 radical (unpaired) electrons. The molecule has 1 aromatic rings. The molecule has 7 heavy (non-hydrogen) atoms. The molecule has 1 heterocycles. The topological polar surface area (TPSA) is 59.2 Å². The maximum atomic E-state index is 3.79. The Labute approximate surface area is 42.3 Å². The standard InChI is InChI=1S/C4H6N2.N/c1-4-2-3-5-6-4;/h2-3H,1H3,(H,5,6);. The predicted molar refractivity (Wildman–Crippen MR) is 25.5 cm³/mol. The first-order chi connectivity index (χ1) is 2.89. The molecule has 0 aliphatic carbocycles. The highest BCUT2D eigenvalue weighted by molar-refractivity contribution is 4.91. The van der Waals surface area contributed by atoms with Crippen molar-refractivity contribution < 1.29 is 0 Å². The summed E-state index contributed by atoms with van der Waals surface area (Å²) in [7, 11) is 0. The lowest BCUT2D eigenvalue weighted by atomic mass is 10.5. The van der Waals surface area contributed by atoms with Crippen LogP contribution in [0, 0.1) is 6.92 Å². The van der Waals surface area contributed by atoms with Gasteiger partial charge >= 0.3 is 0 Å². The Hall–Kier alpha value is -0.830. The predicted octanol–water partition coefficient (Wildman–Crippen LogP) is 0.238. The van der Waals surface area contributed by atoms with Gasteiger partial charge in [0.2, 0.25) is 0 Å². The van der Waals surface area contributed by atoms with Crippen LogP contribution in [-0.4, -0.2) is 10.2 Å². The van der Waals surface area contributed by atoms with Gasteiger partial charge in [-0.3, -0.25) is 5.10 Å². The summed E-state index contributed by atoms with van der Waals surface area (Å²) in [6.45, 7) is 1.94. The van der Waals surface area contributed by atoms with Gasteiger partial charge in [-0.05, 0) is 13.0 Å². The fourth-order valence-electron chi connectivity index (χ4n) is 0.334. The Balaban J connectivity index is 0.000000360. The average Bonchev–Trinajstić information content (AvgIpc) is 1.86. The van der Waals surface area contributed by atoms with Crippen LogP contribution in [0.4, 0.5) is 0 Å². The minimum atomic E-state index is 0. The molecule has 0 saturated heterocycles. The normalized spacial score (nSPS) is 7.57. The molecule has 0 aromatic carbocycles. The Morgan fingerprint density at radius 3 is 2.57 bits per heavy atom. The van der Waals surface area contributed by atoms with E-state index in [9.17, 15) is 0 Å². The number of hydrogen-bond acceptors (Lipinski definition) is 1. The molecule has 0 unspecified atom stereocenters. The number of aromatic amines is 1. The van der Waals surface area contributed by atoms with E-state index in [2.05, 4.69) is 10.2 Å². The number of nitrogens with zero attached hydrogens (tertiary/aromatic N) is 2. The van der Waals surface area contributed by atoms with Crippen molar-refractivity contribution in [2.75, 3.05) is 0 Å². The molecule has 1 N–H and O–H groups in total. The number of hydrogen-bond donors (Lipinski definition) is 1. The number of nitrogens with one attached hydrogen (secondary N) is 1. The average molecular weight is 96.1 g/mol. The van der Waals surface area contributed by atoms with Crippen molar-refractivity contribution in [2.24, 2.45) is 0 Å². The van der Waals surface area contributed by atoms with Gasteiger partial charge in [-0.2, -0.15) is 5.10 Å². The van der Waals surface area contributed by atoms with Crippen LogP contribution >= 0.6 is 0 Å². The first-order valence-electron chi connectivity index (χ1n) is 1.86. The number of H-pyrrole nitrogens is 1. The van der Waals surface area contributed by atoms with Crippen molar-refractivity contribution in [1.29, 1.82) is 0 Å². The van der Waals surface area contributed by atoms with Crippen molar-refractivity contribution in [1.82, 2.24) is 16.3 Å². The lowest BCUT2D eigenvalue weighted by Crippen LogP contribution is -1.65. The maximum Gasteiger partial charge on any atom is 0.0591 e. The molecule has 3 heteroatoms. The van der Waals surface area contributed by atoms with Crippen LogP contribution in [0.25, 0.3) is 0 Å². The zero-order valence-corrected chi connectivity index (χ0v) is 4.05. The van der Waals surface area contributed by atoms with E-state index in [-0.39, 0.29) is 6.15 Å². The van der Waals surface area contributed by atoms with Gasteiger partial charge < -0.3 is 0 Å². The van der Waals surface area contributed by atoms with Crippen molar-refractivity contribution in [3.8, 4) is 0 Å².